The van der Waals surface area contributed by atoms with E-state index >= 15 is 0 Å². The molecule has 2 rings (SSSR count). The fourth-order valence-corrected chi connectivity index (χ4v) is 2.04. The fraction of sp³-hybridized carbons (Fsp3) is 0.125. The van der Waals surface area contributed by atoms with E-state index in [1.807, 2.05) is 19.9 Å². The minimum atomic E-state index is -0.623. The Kier molecular flexibility index (Phi) is 4.70. The number of hydrogen-bond acceptors (Lipinski definition) is 5. The Balaban J connectivity index is 2.12. The molecule has 0 heterocycles. The van der Waals surface area contributed by atoms with Crippen LogP contribution >= 0.6 is 0 Å². The molecule has 23 heavy (non-hydrogen) atoms. The molecule has 0 radical (unpaired) electrons. The number of benzene rings is 2. The lowest BCUT2D eigenvalue weighted by Crippen LogP contribution is -2.15. The smallest absolute Gasteiger partial charge is 0.365 e. The van der Waals surface area contributed by atoms with Crippen LogP contribution in [0.3, 0.4) is 0 Å². The second-order valence-electron chi connectivity index (χ2n) is 5.04. The molecule has 2 aromatic carbocycles. The van der Waals surface area contributed by atoms with E-state index in [4.69, 9.17) is 10.6 Å². The van der Waals surface area contributed by atoms with E-state index < -0.39 is 10.9 Å². The van der Waals surface area contributed by atoms with E-state index in [2.05, 4.69) is 5.16 Å². The topological polar surface area (TPSA) is 108 Å². The molecule has 7 nitrogen and oxygen atoms in total. The SMILES string of the molecule is Cc1cc(C)cc(C(=O)O/N=C(\N)c2ccc([N+](=O)[O-])cc2)c1. The van der Waals surface area contributed by atoms with E-state index in [0.717, 1.165) is 11.1 Å². The standard InChI is InChI=1S/C16H15N3O4/c1-10-7-11(2)9-13(8-10)16(20)23-18-15(17)12-3-5-14(6-4-12)19(21)22/h3-9H,1-2H3,(H2,17,18). The first-order valence-corrected chi connectivity index (χ1v) is 6.75. The number of oxime groups is 1. The average molecular weight is 313 g/mol. The number of aryl methyl sites for hydroxylation is 2. The fourth-order valence-electron chi connectivity index (χ4n) is 2.04. The largest absolute Gasteiger partial charge is 0.380 e. The normalized spacial score (nSPS) is 11.1. The molecule has 0 unspecified atom stereocenters. The highest BCUT2D eigenvalue weighted by molar-refractivity contribution is 5.98. The van der Waals surface area contributed by atoms with Crippen LogP contribution in [0.1, 0.15) is 27.0 Å². The summed E-state index contributed by atoms with van der Waals surface area (Å²) >= 11 is 0. The lowest BCUT2D eigenvalue weighted by Gasteiger charge is -2.03. The number of carbonyl (C=O) groups excluding carboxylic acids is 1. The minimum Gasteiger partial charge on any atom is -0.380 e. The number of nitro benzene ring substituents is 1. The molecular weight excluding hydrogens is 298 g/mol. The van der Waals surface area contributed by atoms with Gasteiger partial charge in [0.15, 0.2) is 5.84 Å². The van der Waals surface area contributed by atoms with E-state index in [1.54, 1.807) is 12.1 Å². The van der Waals surface area contributed by atoms with Gasteiger partial charge in [-0.25, -0.2) is 4.79 Å². The van der Waals surface area contributed by atoms with Crippen LogP contribution in [-0.4, -0.2) is 16.7 Å². The monoisotopic (exact) mass is 313 g/mol. The van der Waals surface area contributed by atoms with E-state index in [1.165, 1.54) is 24.3 Å². The first-order chi connectivity index (χ1) is 10.9. The second kappa shape index (κ2) is 6.69. The molecule has 7 heteroatoms. The maximum Gasteiger partial charge on any atom is 0.365 e. The summed E-state index contributed by atoms with van der Waals surface area (Å²) in [4.78, 5) is 26.8. The molecule has 0 bridgehead atoms. The second-order valence-corrected chi connectivity index (χ2v) is 5.04. The van der Waals surface area contributed by atoms with Crippen LogP contribution in [0.2, 0.25) is 0 Å². The summed E-state index contributed by atoms with van der Waals surface area (Å²) < 4.78 is 0. The van der Waals surface area contributed by atoms with Crippen molar-refractivity contribution in [3.63, 3.8) is 0 Å². The van der Waals surface area contributed by atoms with Crippen LogP contribution in [-0.2, 0) is 4.84 Å². The number of nitrogens with zero attached hydrogens (tertiary/aromatic N) is 2. The van der Waals surface area contributed by atoms with Gasteiger partial charge in [0, 0.05) is 17.7 Å². The molecule has 2 aromatic rings. The third-order valence-corrected chi connectivity index (χ3v) is 3.06. The van der Waals surface area contributed by atoms with Crippen molar-refractivity contribution in [2.75, 3.05) is 0 Å². The van der Waals surface area contributed by atoms with Gasteiger partial charge in [-0.1, -0.05) is 22.3 Å². The zero-order chi connectivity index (χ0) is 17.0. The van der Waals surface area contributed by atoms with Crippen molar-refractivity contribution in [2.24, 2.45) is 10.9 Å². The lowest BCUT2D eigenvalue weighted by molar-refractivity contribution is -0.384. The maximum absolute atomic E-state index is 12.0. The Morgan fingerprint density at radius 3 is 2.17 bits per heavy atom. The van der Waals surface area contributed by atoms with Gasteiger partial charge in [-0.2, -0.15) is 0 Å². The molecule has 2 N–H and O–H groups in total. The van der Waals surface area contributed by atoms with Gasteiger partial charge in [0.05, 0.1) is 10.5 Å². The minimum absolute atomic E-state index is 0.0439. The van der Waals surface area contributed by atoms with Crippen molar-refractivity contribution >= 4 is 17.5 Å². The zero-order valence-electron chi connectivity index (χ0n) is 12.6. The third kappa shape index (κ3) is 4.13. The molecule has 0 aromatic heterocycles. The number of rotatable bonds is 4. The summed E-state index contributed by atoms with van der Waals surface area (Å²) in [7, 11) is 0. The molecule has 0 fully saturated rings. The predicted octanol–water partition coefficient (Wildman–Crippen LogP) is 2.69. The van der Waals surface area contributed by atoms with Crippen LogP contribution < -0.4 is 5.73 Å². The summed E-state index contributed by atoms with van der Waals surface area (Å²) in [6, 6.07) is 10.8. The van der Waals surface area contributed by atoms with Crippen LogP contribution in [0.15, 0.2) is 47.6 Å². The van der Waals surface area contributed by atoms with Crippen molar-refractivity contribution in [3.8, 4) is 0 Å². The summed E-state index contributed by atoms with van der Waals surface area (Å²) in [6.45, 7) is 3.75. The molecule has 0 saturated carbocycles. The number of carbonyl (C=O) groups is 1. The summed E-state index contributed by atoms with van der Waals surface area (Å²) in [5, 5.41) is 14.2. The van der Waals surface area contributed by atoms with Gasteiger partial charge in [0.25, 0.3) is 5.69 Å². The molecule has 118 valence electrons. The lowest BCUT2D eigenvalue weighted by atomic mass is 10.1. The van der Waals surface area contributed by atoms with Crippen molar-refractivity contribution < 1.29 is 14.6 Å². The number of non-ortho nitro benzene ring substituents is 1. The highest BCUT2D eigenvalue weighted by atomic mass is 16.7. The molecule has 0 atom stereocenters. The van der Waals surface area contributed by atoms with Gasteiger partial charge in [-0.05, 0) is 38.1 Å². The first-order valence-electron chi connectivity index (χ1n) is 6.75. The zero-order valence-corrected chi connectivity index (χ0v) is 12.6. The Morgan fingerprint density at radius 1 is 1.09 bits per heavy atom. The van der Waals surface area contributed by atoms with Crippen molar-refractivity contribution in [1.82, 2.24) is 0 Å². The maximum atomic E-state index is 12.0. The van der Waals surface area contributed by atoms with E-state index in [9.17, 15) is 14.9 Å². The number of hydrogen-bond donors (Lipinski definition) is 1. The molecule has 0 aliphatic rings. The van der Waals surface area contributed by atoms with Gasteiger partial charge in [0.2, 0.25) is 0 Å². The van der Waals surface area contributed by atoms with Crippen LogP contribution in [0.4, 0.5) is 5.69 Å². The van der Waals surface area contributed by atoms with Crippen LogP contribution in [0, 0.1) is 24.0 Å². The summed E-state index contributed by atoms with van der Waals surface area (Å²) in [6.07, 6.45) is 0. The Bertz CT molecular complexity index is 762. The Labute approximate surface area is 132 Å². The summed E-state index contributed by atoms with van der Waals surface area (Å²) in [5.74, 6) is -0.667. The molecule has 0 aliphatic carbocycles. The number of nitro groups is 1. The number of amidine groups is 1. The Morgan fingerprint density at radius 2 is 1.65 bits per heavy atom. The molecule has 0 spiro atoms. The van der Waals surface area contributed by atoms with E-state index in [-0.39, 0.29) is 11.5 Å². The van der Waals surface area contributed by atoms with Gasteiger partial charge >= 0.3 is 5.97 Å². The van der Waals surface area contributed by atoms with Crippen molar-refractivity contribution in [3.05, 3.63) is 74.8 Å². The highest BCUT2D eigenvalue weighted by Gasteiger charge is 2.10. The molecule has 0 saturated heterocycles. The average Bonchev–Trinajstić information content (AvgIpc) is 2.51. The predicted molar refractivity (Wildman–Crippen MR) is 85.2 cm³/mol. The first kappa shape index (κ1) is 16.2. The molecule has 0 amide bonds. The van der Waals surface area contributed by atoms with Crippen LogP contribution in [0.5, 0.6) is 0 Å². The Hall–Kier alpha value is -3.22. The van der Waals surface area contributed by atoms with Crippen molar-refractivity contribution in [2.45, 2.75) is 13.8 Å². The van der Waals surface area contributed by atoms with Crippen molar-refractivity contribution in [1.29, 1.82) is 0 Å². The van der Waals surface area contributed by atoms with Crippen LogP contribution in [0.25, 0.3) is 0 Å². The van der Waals surface area contributed by atoms with Gasteiger partial charge < -0.3 is 10.6 Å². The van der Waals surface area contributed by atoms with E-state index in [0.29, 0.717) is 11.1 Å². The highest BCUT2D eigenvalue weighted by Crippen LogP contribution is 2.13. The summed E-state index contributed by atoms with van der Waals surface area (Å²) in [5.41, 5.74) is 8.32. The van der Waals surface area contributed by atoms with Gasteiger partial charge in [-0.15, -0.1) is 0 Å². The van der Waals surface area contributed by atoms with Gasteiger partial charge in [-0.3, -0.25) is 10.1 Å². The van der Waals surface area contributed by atoms with Gasteiger partial charge in [0.1, 0.15) is 0 Å². The molecule has 0 aliphatic heterocycles. The quantitative estimate of drug-likeness (QED) is 0.307. The third-order valence-electron chi connectivity index (χ3n) is 3.06. The molecular formula is C16H15N3O4. The number of nitrogens with two attached hydrogens (primary N) is 1.